The first-order chi connectivity index (χ1) is 14.5. The number of rotatable bonds is 9. The van der Waals surface area contributed by atoms with Crippen molar-refractivity contribution in [3.63, 3.8) is 0 Å². The van der Waals surface area contributed by atoms with Crippen molar-refractivity contribution in [2.24, 2.45) is 0 Å². The van der Waals surface area contributed by atoms with Crippen LogP contribution >= 0.6 is 0 Å². The van der Waals surface area contributed by atoms with Gasteiger partial charge in [0.2, 0.25) is 5.91 Å². The summed E-state index contributed by atoms with van der Waals surface area (Å²) in [5.41, 5.74) is 1.29. The predicted molar refractivity (Wildman–Crippen MR) is 112 cm³/mol. The van der Waals surface area contributed by atoms with Crippen LogP contribution in [0.15, 0.2) is 48.5 Å². The summed E-state index contributed by atoms with van der Waals surface area (Å²) in [5, 5.41) is 2.98. The number of amides is 1. The standard InChI is InChI=1S/C24H28FNO4/c1-2-30-21-9-3-18(4-10-21)22(27)11-12-23(28)26-17-24(13-15-29-16-14-24)19-5-7-20(25)8-6-19/h3-10H,2,11-17H2,1H3,(H,26,28). The first-order valence-corrected chi connectivity index (χ1v) is 10.4. The largest absolute Gasteiger partial charge is 0.494 e. The minimum Gasteiger partial charge on any atom is -0.494 e. The molecule has 5 nitrogen and oxygen atoms in total. The summed E-state index contributed by atoms with van der Waals surface area (Å²) in [7, 11) is 0. The topological polar surface area (TPSA) is 64.6 Å². The van der Waals surface area contributed by atoms with E-state index in [1.54, 1.807) is 36.4 Å². The Hall–Kier alpha value is -2.73. The monoisotopic (exact) mass is 413 g/mol. The van der Waals surface area contributed by atoms with Crippen molar-refractivity contribution in [2.45, 2.75) is 38.0 Å². The van der Waals surface area contributed by atoms with Gasteiger partial charge in [-0.15, -0.1) is 0 Å². The highest BCUT2D eigenvalue weighted by molar-refractivity contribution is 5.98. The van der Waals surface area contributed by atoms with Crippen molar-refractivity contribution in [3.8, 4) is 5.75 Å². The molecule has 1 saturated heterocycles. The summed E-state index contributed by atoms with van der Waals surface area (Å²) in [6, 6.07) is 13.4. The Kier molecular flexibility index (Phi) is 7.57. The molecular weight excluding hydrogens is 385 g/mol. The van der Waals surface area contributed by atoms with E-state index in [9.17, 15) is 14.0 Å². The van der Waals surface area contributed by atoms with Crippen molar-refractivity contribution in [3.05, 3.63) is 65.5 Å². The van der Waals surface area contributed by atoms with Gasteiger partial charge in [-0.25, -0.2) is 4.39 Å². The number of carbonyl (C=O) groups excluding carboxylic acids is 2. The zero-order valence-electron chi connectivity index (χ0n) is 17.3. The van der Waals surface area contributed by atoms with E-state index in [0.29, 0.717) is 37.7 Å². The third-order valence-electron chi connectivity index (χ3n) is 5.60. The van der Waals surface area contributed by atoms with Crippen molar-refractivity contribution < 1.29 is 23.5 Å². The van der Waals surface area contributed by atoms with E-state index in [1.807, 2.05) is 6.92 Å². The zero-order chi connectivity index (χ0) is 21.4. The molecule has 2 aromatic rings. The Morgan fingerprint density at radius 3 is 2.33 bits per heavy atom. The Balaban J connectivity index is 1.54. The van der Waals surface area contributed by atoms with Gasteiger partial charge in [0, 0.05) is 43.6 Å². The minimum atomic E-state index is -0.280. The average Bonchev–Trinajstić information content (AvgIpc) is 2.78. The molecule has 6 heteroatoms. The molecule has 1 fully saturated rings. The summed E-state index contributed by atoms with van der Waals surface area (Å²) in [4.78, 5) is 24.8. The fourth-order valence-corrected chi connectivity index (χ4v) is 3.76. The van der Waals surface area contributed by atoms with E-state index in [0.717, 1.165) is 18.4 Å². The van der Waals surface area contributed by atoms with E-state index in [1.165, 1.54) is 12.1 Å². The number of benzene rings is 2. The molecule has 1 aliphatic rings. The van der Waals surface area contributed by atoms with Crippen LogP contribution in [-0.4, -0.2) is 38.1 Å². The third-order valence-corrected chi connectivity index (χ3v) is 5.60. The van der Waals surface area contributed by atoms with Gasteiger partial charge >= 0.3 is 0 Å². The number of hydrogen-bond donors (Lipinski definition) is 1. The molecule has 0 bridgehead atoms. The lowest BCUT2D eigenvalue weighted by Gasteiger charge is -2.38. The second-order valence-corrected chi connectivity index (χ2v) is 7.56. The highest BCUT2D eigenvalue weighted by Gasteiger charge is 2.34. The van der Waals surface area contributed by atoms with Crippen LogP contribution in [0.25, 0.3) is 0 Å². The molecule has 2 aromatic carbocycles. The normalized spacial score (nSPS) is 15.4. The molecule has 1 amide bonds. The number of ketones is 1. The van der Waals surface area contributed by atoms with Gasteiger partial charge in [-0.2, -0.15) is 0 Å². The van der Waals surface area contributed by atoms with Crippen LogP contribution in [0, 0.1) is 5.82 Å². The van der Waals surface area contributed by atoms with Crippen LogP contribution < -0.4 is 10.1 Å². The van der Waals surface area contributed by atoms with Gasteiger partial charge in [-0.05, 0) is 61.7 Å². The third kappa shape index (κ3) is 5.66. The zero-order valence-corrected chi connectivity index (χ0v) is 17.3. The number of carbonyl (C=O) groups is 2. The summed E-state index contributed by atoms with van der Waals surface area (Å²) in [6.07, 6.45) is 1.78. The lowest BCUT2D eigenvalue weighted by atomic mass is 9.74. The van der Waals surface area contributed by atoms with Gasteiger partial charge < -0.3 is 14.8 Å². The molecular formula is C24H28FNO4. The molecule has 0 aliphatic carbocycles. The molecule has 1 N–H and O–H groups in total. The highest BCUT2D eigenvalue weighted by Crippen LogP contribution is 2.34. The smallest absolute Gasteiger partial charge is 0.220 e. The number of hydrogen-bond acceptors (Lipinski definition) is 4. The number of Topliss-reactive ketones (excluding diaryl/α,β-unsaturated/α-hetero) is 1. The van der Waals surface area contributed by atoms with Gasteiger partial charge in [0.15, 0.2) is 5.78 Å². The first kappa shape index (κ1) is 22.0. The molecule has 1 heterocycles. The molecule has 3 rings (SSSR count). The van der Waals surface area contributed by atoms with Gasteiger partial charge in [-0.3, -0.25) is 9.59 Å². The van der Waals surface area contributed by atoms with E-state index in [4.69, 9.17) is 9.47 Å². The van der Waals surface area contributed by atoms with Gasteiger partial charge in [0.25, 0.3) is 0 Å². The maximum absolute atomic E-state index is 13.3. The number of ether oxygens (including phenoxy) is 2. The quantitative estimate of drug-likeness (QED) is 0.630. The fraction of sp³-hybridized carbons (Fsp3) is 0.417. The number of halogens is 1. The molecule has 0 unspecified atom stereocenters. The maximum Gasteiger partial charge on any atom is 0.220 e. The molecule has 160 valence electrons. The Bertz CT molecular complexity index is 843. The SMILES string of the molecule is CCOc1ccc(C(=O)CCC(=O)NCC2(c3ccc(F)cc3)CCOCC2)cc1. The van der Waals surface area contributed by atoms with Gasteiger partial charge in [-0.1, -0.05) is 12.1 Å². The van der Waals surface area contributed by atoms with E-state index in [2.05, 4.69) is 5.32 Å². The van der Waals surface area contributed by atoms with Gasteiger partial charge in [0.1, 0.15) is 11.6 Å². The van der Waals surface area contributed by atoms with Crippen molar-refractivity contribution >= 4 is 11.7 Å². The molecule has 0 aromatic heterocycles. The second kappa shape index (κ2) is 10.3. The first-order valence-electron chi connectivity index (χ1n) is 10.4. The summed E-state index contributed by atoms with van der Waals surface area (Å²) < 4.78 is 24.2. The van der Waals surface area contributed by atoms with Crippen LogP contribution in [0.5, 0.6) is 5.75 Å². The second-order valence-electron chi connectivity index (χ2n) is 7.56. The molecule has 0 radical (unpaired) electrons. The molecule has 0 atom stereocenters. The maximum atomic E-state index is 13.3. The Morgan fingerprint density at radius 2 is 1.70 bits per heavy atom. The van der Waals surface area contributed by atoms with Crippen molar-refractivity contribution in [1.82, 2.24) is 5.32 Å². The van der Waals surface area contributed by atoms with E-state index in [-0.39, 0.29) is 35.8 Å². The highest BCUT2D eigenvalue weighted by atomic mass is 19.1. The summed E-state index contributed by atoms with van der Waals surface area (Å²) in [6.45, 7) is 4.11. The molecule has 1 aliphatic heterocycles. The minimum absolute atomic E-state index is 0.0764. The van der Waals surface area contributed by atoms with Crippen LogP contribution in [0.2, 0.25) is 0 Å². The number of nitrogens with one attached hydrogen (secondary N) is 1. The van der Waals surface area contributed by atoms with Crippen LogP contribution in [0.1, 0.15) is 48.5 Å². The van der Waals surface area contributed by atoms with Crippen LogP contribution in [-0.2, 0) is 14.9 Å². The summed E-state index contributed by atoms with van der Waals surface area (Å²) in [5.74, 6) is 0.196. The predicted octanol–water partition coefficient (Wildman–Crippen LogP) is 4.05. The average molecular weight is 413 g/mol. The van der Waals surface area contributed by atoms with Crippen LogP contribution in [0.4, 0.5) is 4.39 Å². The summed E-state index contributed by atoms with van der Waals surface area (Å²) >= 11 is 0. The fourth-order valence-electron chi connectivity index (χ4n) is 3.76. The van der Waals surface area contributed by atoms with Crippen LogP contribution in [0.3, 0.4) is 0 Å². The van der Waals surface area contributed by atoms with Crippen molar-refractivity contribution in [2.75, 3.05) is 26.4 Å². The lowest BCUT2D eigenvalue weighted by molar-refractivity contribution is -0.121. The Morgan fingerprint density at radius 1 is 1.03 bits per heavy atom. The lowest BCUT2D eigenvalue weighted by Crippen LogP contribution is -2.44. The van der Waals surface area contributed by atoms with E-state index >= 15 is 0 Å². The molecule has 30 heavy (non-hydrogen) atoms. The van der Waals surface area contributed by atoms with Gasteiger partial charge in [0.05, 0.1) is 6.61 Å². The van der Waals surface area contributed by atoms with Crippen molar-refractivity contribution in [1.29, 1.82) is 0 Å². The van der Waals surface area contributed by atoms with E-state index < -0.39 is 0 Å². The molecule has 0 spiro atoms. The molecule has 0 saturated carbocycles. The Labute approximate surface area is 176 Å².